The molecule has 0 saturated carbocycles. The van der Waals surface area contributed by atoms with Crippen LogP contribution < -0.4 is 0 Å². The number of likely N-dealkylation sites (tertiary alicyclic amines) is 1. The number of nitrogens with zero attached hydrogens (tertiary/aromatic N) is 2. The van der Waals surface area contributed by atoms with Gasteiger partial charge in [0.05, 0.1) is 13.2 Å². The van der Waals surface area contributed by atoms with E-state index >= 15 is 0 Å². The normalized spacial score (nSPS) is 20.5. The second-order valence-corrected chi connectivity index (χ2v) is 5.94. The molecule has 0 bridgehead atoms. The summed E-state index contributed by atoms with van der Waals surface area (Å²) in [5, 5.41) is 0. The smallest absolute Gasteiger partial charge is 0.253 e. The van der Waals surface area contributed by atoms with Gasteiger partial charge in [-0.25, -0.2) is 0 Å². The first-order chi connectivity index (χ1) is 10.3. The van der Waals surface area contributed by atoms with Crippen molar-refractivity contribution in [1.82, 2.24) is 9.80 Å². The van der Waals surface area contributed by atoms with Gasteiger partial charge in [0.2, 0.25) is 0 Å². The number of piperidine rings is 1. The molecule has 2 heterocycles. The van der Waals surface area contributed by atoms with Crippen molar-refractivity contribution in [2.24, 2.45) is 0 Å². The monoisotopic (exact) mass is 288 g/mol. The lowest BCUT2D eigenvalue weighted by molar-refractivity contribution is 0.0341. The molecule has 2 aliphatic heterocycles. The van der Waals surface area contributed by atoms with Crippen LogP contribution in [0.1, 0.15) is 35.2 Å². The zero-order chi connectivity index (χ0) is 14.5. The van der Waals surface area contributed by atoms with Crippen molar-refractivity contribution in [3.8, 4) is 0 Å². The molecule has 0 unspecified atom stereocenters. The van der Waals surface area contributed by atoms with Crippen LogP contribution in [0.3, 0.4) is 0 Å². The standard InChI is InChI=1S/C17H24N2O2/c20-17(19-7-2-1-3-8-19)16-6-4-5-15(13-16)14-18-9-11-21-12-10-18/h4-6,13H,1-3,7-12,14H2. The van der Waals surface area contributed by atoms with Gasteiger partial charge in [0, 0.05) is 38.3 Å². The van der Waals surface area contributed by atoms with Gasteiger partial charge in [-0.15, -0.1) is 0 Å². The number of rotatable bonds is 3. The number of benzene rings is 1. The summed E-state index contributed by atoms with van der Waals surface area (Å²) in [7, 11) is 0. The molecule has 2 aliphatic rings. The molecule has 0 aromatic heterocycles. The Morgan fingerprint density at radius 3 is 2.57 bits per heavy atom. The minimum Gasteiger partial charge on any atom is -0.379 e. The molecule has 0 radical (unpaired) electrons. The number of carbonyl (C=O) groups is 1. The van der Waals surface area contributed by atoms with Crippen LogP contribution in [0.4, 0.5) is 0 Å². The molecule has 3 rings (SSSR count). The number of hydrogen-bond donors (Lipinski definition) is 0. The summed E-state index contributed by atoms with van der Waals surface area (Å²) in [5.74, 6) is 0.193. The highest BCUT2D eigenvalue weighted by molar-refractivity contribution is 5.94. The Morgan fingerprint density at radius 1 is 1.05 bits per heavy atom. The van der Waals surface area contributed by atoms with E-state index in [1.807, 2.05) is 17.0 Å². The summed E-state index contributed by atoms with van der Waals surface area (Å²) in [6.07, 6.45) is 3.53. The van der Waals surface area contributed by atoms with Crippen LogP contribution in [0, 0.1) is 0 Å². The van der Waals surface area contributed by atoms with Gasteiger partial charge in [-0.05, 0) is 37.0 Å². The Morgan fingerprint density at radius 2 is 1.81 bits per heavy atom. The Bertz CT molecular complexity index is 477. The van der Waals surface area contributed by atoms with E-state index in [1.54, 1.807) is 0 Å². The molecule has 2 saturated heterocycles. The zero-order valence-corrected chi connectivity index (χ0v) is 12.6. The van der Waals surface area contributed by atoms with Crippen molar-refractivity contribution in [2.75, 3.05) is 39.4 Å². The Kier molecular flexibility index (Phi) is 4.88. The molecule has 0 spiro atoms. The van der Waals surface area contributed by atoms with Gasteiger partial charge in [0.25, 0.3) is 5.91 Å². The third kappa shape index (κ3) is 3.83. The van der Waals surface area contributed by atoms with Crippen LogP contribution in [0.15, 0.2) is 24.3 Å². The van der Waals surface area contributed by atoms with Gasteiger partial charge in [-0.1, -0.05) is 12.1 Å². The van der Waals surface area contributed by atoms with Gasteiger partial charge >= 0.3 is 0 Å². The summed E-state index contributed by atoms with van der Waals surface area (Å²) in [6.45, 7) is 6.30. The van der Waals surface area contributed by atoms with E-state index < -0.39 is 0 Å². The average Bonchev–Trinajstić information content (AvgIpc) is 2.56. The van der Waals surface area contributed by atoms with E-state index in [0.717, 1.165) is 64.3 Å². The van der Waals surface area contributed by atoms with Crippen LogP contribution in [0.25, 0.3) is 0 Å². The van der Waals surface area contributed by atoms with Crippen molar-refractivity contribution in [3.63, 3.8) is 0 Å². The van der Waals surface area contributed by atoms with E-state index in [1.165, 1.54) is 12.0 Å². The fourth-order valence-electron chi connectivity index (χ4n) is 3.10. The highest BCUT2D eigenvalue weighted by Gasteiger charge is 2.18. The molecular formula is C17H24N2O2. The van der Waals surface area contributed by atoms with E-state index in [9.17, 15) is 4.79 Å². The number of morpholine rings is 1. The van der Waals surface area contributed by atoms with Crippen LogP contribution in [-0.2, 0) is 11.3 Å². The van der Waals surface area contributed by atoms with Crippen LogP contribution >= 0.6 is 0 Å². The third-order valence-corrected chi connectivity index (χ3v) is 4.33. The lowest BCUT2D eigenvalue weighted by Crippen LogP contribution is -2.36. The molecule has 2 fully saturated rings. The maximum Gasteiger partial charge on any atom is 0.253 e. The second-order valence-electron chi connectivity index (χ2n) is 5.94. The van der Waals surface area contributed by atoms with E-state index in [2.05, 4.69) is 17.0 Å². The number of ether oxygens (including phenoxy) is 1. The third-order valence-electron chi connectivity index (χ3n) is 4.33. The molecule has 4 heteroatoms. The van der Waals surface area contributed by atoms with E-state index in [4.69, 9.17) is 4.74 Å². The fraction of sp³-hybridized carbons (Fsp3) is 0.588. The van der Waals surface area contributed by atoms with Gasteiger partial charge < -0.3 is 9.64 Å². The summed E-state index contributed by atoms with van der Waals surface area (Å²) >= 11 is 0. The quantitative estimate of drug-likeness (QED) is 0.854. The summed E-state index contributed by atoms with van der Waals surface area (Å²) in [4.78, 5) is 16.9. The van der Waals surface area contributed by atoms with Crippen LogP contribution in [-0.4, -0.2) is 55.1 Å². The maximum atomic E-state index is 12.5. The molecular weight excluding hydrogens is 264 g/mol. The van der Waals surface area contributed by atoms with Gasteiger partial charge in [-0.3, -0.25) is 9.69 Å². The van der Waals surface area contributed by atoms with Gasteiger partial charge in [0.15, 0.2) is 0 Å². The highest BCUT2D eigenvalue weighted by Crippen LogP contribution is 2.15. The van der Waals surface area contributed by atoms with Crippen molar-refractivity contribution < 1.29 is 9.53 Å². The molecule has 4 nitrogen and oxygen atoms in total. The lowest BCUT2D eigenvalue weighted by atomic mass is 10.1. The fourth-order valence-corrected chi connectivity index (χ4v) is 3.10. The topological polar surface area (TPSA) is 32.8 Å². The minimum atomic E-state index is 0.193. The van der Waals surface area contributed by atoms with Crippen LogP contribution in [0.5, 0.6) is 0 Å². The molecule has 1 aromatic rings. The molecule has 1 aromatic carbocycles. The molecule has 0 aliphatic carbocycles. The number of carbonyl (C=O) groups excluding carboxylic acids is 1. The Hall–Kier alpha value is -1.39. The lowest BCUT2D eigenvalue weighted by Gasteiger charge is -2.28. The number of hydrogen-bond acceptors (Lipinski definition) is 3. The van der Waals surface area contributed by atoms with Gasteiger partial charge in [-0.2, -0.15) is 0 Å². The first kappa shape index (κ1) is 14.5. The van der Waals surface area contributed by atoms with Crippen LogP contribution in [0.2, 0.25) is 0 Å². The minimum absolute atomic E-state index is 0.193. The van der Waals surface area contributed by atoms with Crippen molar-refractivity contribution in [3.05, 3.63) is 35.4 Å². The number of amides is 1. The summed E-state index contributed by atoms with van der Waals surface area (Å²) in [6, 6.07) is 8.13. The predicted octanol–water partition coefficient (Wildman–Crippen LogP) is 2.14. The Balaban J connectivity index is 1.65. The molecule has 0 N–H and O–H groups in total. The van der Waals surface area contributed by atoms with Crippen molar-refractivity contribution in [1.29, 1.82) is 0 Å². The zero-order valence-electron chi connectivity index (χ0n) is 12.6. The average molecular weight is 288 g/mol. The highest BCUT2D eigenvalue weighted by atomic mass is 16.5. The largest absolute Gasteiger partial charge is 0.379 e. The molecule has 21 heavy (non-hydrogen) atoms. The maximum absolute atomic E-state index is 12.5. The first-order valence-corrected chi connectivity index (χ1v) is 8.01. The van der Waals surface area contributed by atoms with Gasteiger partial charge in [0.1, 0.15) is 0 Å². The van der Waals surface area contributed by atoms with Crippen molar-refractivity contribution >= 4 is 5.91 Å². The second kappa shape index (κ2) is 7.05. The van der Waals surface area contributed by atoms with E-state index in [0.29, 0.717) is 0 Å². The molecule has 1 amide bonds. The molecule has 0 atom stereocenters. The summed E-state index contributed by atoms with van der Waals surface area (Å²) < 4.78 is 5.38. The first-order valence-electron chi connectivity index (χ1n) is 8.01. The predicted molar refractivity (Wildman–Crippen MR) is 82.3 cm³/mol. The van der Waals surface area contributed by atoms with E-state index in [-0.39, 0.29) is 5.91 Å². The SMILES string of the molecule is O=C(c1cccc(CN2CCOCC2)c1)N1CCCCC1. The Labute approximate surface area is 126 Å². The molecule has 114 valence electrons. The van der Waals surface area contributed by atoms with Crippen molar-refractivity contribution in [2.45, 2.75) is 25.8 Å². The summed E-state index contributed by atoms with van der Waals surface area (Å²) in [5.41, 5.74) is 2.06.